The van der Waals surface area contributed by atoms with Crippen LogP contribution in [0.4, 0.5) is 24.8 Å². The SMILES string of the molecule is Cc1cc(Nc2nccc(C(F)(F)F)n2)cc(-c2cnc([C@]3(O)CC[C@@H](NC(=O)CCCCl)CC3)s2)c1. The molecular formula is C25H27ClF3N5O2S. The normalized spacial score (nSPS) is 20.0. The van der Waals surface area contributed by atoms with Crippen LogP contribution in [0.5, 0.6) is 0 Å². The van der Waals surface area contributed by atoms with Gasteiger partial charge in [-0.2, -0.15) is 13.2 Å². The zero-order chi connectivity index (χ0) is 26.6. The van der Waals surface area contributed by atoms with Gasteiger partial charge in [0.05, 0.1) is 4.88 Å². The van der Waals surface area contributed by atoms with Crippen LogP contribution >= 0.6 is 22.9 Å². The molecule has 1 aliphatic rings. The second-order valence-electron chi connectivity index (χ2n) is 9.17. The average Bonchev–Trinajstić information content (AvgIpc) is 3.35. The summed E-state index contributed by atoms with van der Waals surface area (Å²) in [6, 6.07) is 6.34. The highest BCUT2D eigenvalue weighted by atomic mass is 35.5. The Hall–Kier alpha value is -2.76. The number of carbonyl (C=O) groups is 1. The quantitative estimate of drug-likeness (QED) is 0.299. The molecule has 37 heavy (non-hydrogen) atoms. The van der Waals surface area contributed by atoms with Crippen molar-refractivity contribution in [3.63, 3.8) is 0 Å². The van der Waals surface area contributed by atoms with Crippen molar-refractivity contribution < 1.29 is 23.1 Å². The summed E-state index contributed by atoms with van der Waals surface area (Å²) in [4.78, 5) is 24.8. The molecule has 12 heteroatoms. The van der Waals surface area contributed by atoms with E-state index in [0.29, 0.717) is 55.1 Å². The van der Waals surface area contributed by atoms with Crippen molar-refractivity contribution in [2.24, 2.45) is 0 Å². The maximum atomic E-state index is 13.0. The largest absolute Gasteiger partial charge is 0.433 e. The number of hydrogen-bond acceptors (Lipinski definition) is 7. The Balaban J connectivity index is 1.45. The number of aliphatic hydroxyl groups is 1. The molecule has 0 radical (unpaired) electrons. The van der Waals surface area contributed by atoms with Gasteiger partial charge in [0.1, 0.15) is 16.3 Å². The maximum Gasteiger partial charge on any atom is 0.433 e. The molecule has 0 spiro atoms. The Morgan fingerprint density at radius 2 is 2.00 bits per heavy atom. The average molecular weight is 554 g/mol. The Bertz CT molecular complexity index is 1250. The molecule has 1 saturated carbocycles. The third-order valence-corrected chi connectivity index (χ3v) is 7.69. The van der Waals surface area contributed by atoms with Gasteiger partial charge in [0.2, 0.25) is 11.9 Å². The molecule has 7 nitrogen and oxygen atoms in total. The molecule has 3 N–H and O–H groups in total. The number of nitrogens with one attached hydrogen (secondary N) is 2. The standard InChI is InChI=1S/C25H27ClF3N5O2S/c1-15-11-16(13-18(12-15)33-23-30-10-6-20(34-23)25(27,28)29)19-14-31-22(37-19)24(36)7-4-17(5-8-24)32-21(35)3-2-9-26/h6,10-14,17,36H,2-5,7-9H2,1H3,(H,32,35)(H,30,33,34)/t17-,24+. The van der Waals surface area contributed by atoms with E-state index in [1.54, 1.807) is 18.3 Å². The summed E-state index contributed by atoms with van der Waals surface area (Å²) in [6.45, 7) is 1.87. The van der Waals surface area contributed by atoms with Gasteiger partial charge in [0.15, 0.2) is 0 Å². The van der Waals surface area contributed by atoms with Crippen LogP contribution < -0.4 is 10.6 Å². The van der Waals surface area contributed by atoms with Crippen LogP contribution in [0.1, 0.15) is 54.8 Å². The number of rotatable bonds is 8. The van der Waals surface area contributed by atoms with E-state index in [1.807, 2.05) is 13.0 Å². The summed E-state index contributed by atoms with van der Waals surface area (Å²) in [5.74, 6) is 0.270. The first-order valence-electron chi connectivity index (χ1n) is 11.9. The minimum absolute atomic E-state index is 0.0194. The lowest BCUT2D eigenvalue weighted by Gasteiger charge is -2.34. The second kappa shape index (κ2) is 11.3. The highest BCUT2D eigenvalue weighted by Crippen LogP contribution is 2.41. The van der Waals surface area contributed by atoms with E-state index in [4.69, 9.17) is 11.6 Å². The lowest BCUT2D eigenvalue weighted by molar-refractivity contribution is -0.141. The third-order valence-electron chi connectivity index (χ3n) is 6.18. The monoisotopic (exact) mass is 553 g/mol. The number of benzene rings is 1. The minimum Gasteiger partial charge on any atom is -0.383 e. The van der Waals surface area contributed by atoms with Crippen molar-refractivity contribution in [2.75, 3.05) is 11.2 Å². The molecule has 1 aliphatic carbocycles. The molecule has 2 aromatic heterocycles. The Morgan fingerprint density at radius 1 is 1.24 bits per heavy atom. The Kier molecular flexibility index (Phi) is 8.35. The van der Waals surface area contributed by atoms with Crippen LogP contribution in [0, 0.1) is 6.92 Å². The third kappa shape index (κ3) is 6.97. The molecule has 4 rings (SSSR count). The number of hydrogen-bond donors (Lipinski definition) is 3. The predicted molar refractivity (Wildman–Crippen MR) is 137 cm³/mol. The molecule has 0 atom stereocenters. The van der Waals surface area contributed by atoms with Crippen molar-refractivity contribution in [1.29, 1.82) is 0 Å². The van der Waals surface area contributed by atoms with Crippen LogP contribution in [0.3, 0.4) is 0 Å². The number of nitrogens with zero attached hydrogens (tertiary/aromatic N) is 3. The van der Waals surface area contributed by atoms with Crippen LogP contribution in [-0.2, 0) is 16.6 Å². The lowest BCUT2D eigenvalue weighted by Crippen LogP contribution is -2.42. The molecule has 1 amide bonds. The smallest absolute Gasteiger partial charge is 0.383 e. The van der Waals surface area contributed by atoms with Crippen molar-refractivity contribution >= 4 is 40.5 Å². The van der Waals surface area contributed by atoms with Crippen LogP contribution in [0.25, 0.3) is 10.4 Å². The molecule has 2 heterocycles. The summed E-state index contributed by atoms with van der Waals surface area (Å²) in [5.41, 5.74) is 0.126. The van der Waals surface area contributed by atoms with Gasteiger partial charge < -0.3 is 15.7 Å². The Morgan fingerprint density at radius 3 is 2.70 bits per heavy atom. The highest BCUT2D eigenvalue weighted by molar-refractivity contribution is 7.15. The molecule has 3 aromatic rings. The second-order valence-corrected chi connectivity index (χ2v) is 10.6. The topological polar surface area (TPSA) is 100 Å². The molecule has 0 bridgehead atoms. The lowest BCUT2D eigenvalue weighted by atomic mass is 9.82. The zero-order valence-corrected chi connectivity index (χ0v) is 21.7. The first-order valence-corrected chi connectivity index (χ1v) is 13.2. The Labute approximate surface area is 221 Å². The molecule has 198 valence electrons. The molecular weight excluding hydrogens is 527 g/mol. The van der Waals surface area contributed by atoms with Gasteiger partial charge in [-0.1, -0.05) is 6.07 Å². The maximum absolute atomic E-state index is 13.0. The first-order chi connectivity index (χ1) is 17.6. The van der Waals surface area contributed by atoms with E-state index < -0.39 is 17.5 Å². The number of aromatic nitrogens is 3. The molecule has 1 fully saturated rings. The van der Waals surface area contributed by atoms with Crippen molar-refractivity contribution in [3.8, 4) is 10.4 Å². The fraction of sp³-hybridized carbons (Fsp3) is 0.440. The minimum atomic E-state index is -4.56. The van der Waals surface area contributed by atoms with E-state index >= 15 is 0 Å². The summed E-state index contributed by atoms with van der Waals surface area (Å²) < 4.78 is 39.0. The van der Waals surface area contributed by atoms with Gasteiger partial charge >= 0.3 is 6.18 Å². The molecule has 1 aromatic carbocycles. The van der Waals surface area contributed by atoms with Gasteiger partial charge in [-0.15, -0.1) is 22.9 Å². The van der Waals surface area contributed by atoms with Gasteiger partial charge in [-0.25, -0.2) is 15.0 Å². The summed E-state index contributed by atoms with van der Waals surface area (Å²) in [6.07, 6.45) is 1.47. The highest BCUT2D eigenvalue weighted by Gasteiger charge is 2.38. The van der Waals surface area contributed by atoms with E-state index in [0.717, 1.165) is 28.3 Å². The van der Waals surface area contributed by atoms with E-state index in [9.17, 15) is 23.1 Å². The summed E-state index contributed by atoms with van der Waals surface area (Å²) in [7, 11) is 0. The van der Waals surface area contributed by atoms with E-state index in [1.165, 1.54) is 11.3 Å². The summed E-state index contributed by atoms with van der Waals surface area (Å²) >= 11 is 7.02. The van der Waals surface area contributed by atoms with Gasteiger partial charge in [-0.3, -0.25) is 4.79 Å². The van der Waals surface area contributed by atoms with Gasteiger partial charge in [-0.05, 0) is 68.4 Å². The zero-order valence-electron chi connectivity index (χ0n) is 20.1. The van der Waals surface area contributed by atoms with E-state index in [2.05, 4.69) is 25.6 Å². The number of thiazole rings is 1. The van der Waals surface area contributed by atoms with Gasteiger partial charge in [0.25, 0.3) is 0 Å². The number of aryl methyl sites for hydroxylation is 1. The first kappa shape index (κ1) is 27.3. The number of halogens is 4. The van der Waals surface area contributed by atoms with Crippen LogP contribution in [0.15, 0.2) is 36.7 Å². The van der Waals surface area contributed by atoms with Crippen molar-refractivity contribution in [3.05, 3.63) is 52.9 Å². The fourth-order valence-corrected chi connectivity index (χ4v) is 5.49. The summed E-state index contributed by atoms with van der Waals surface area (Å²) in [5, 5.41) is 17.8. The van der Waals surface area contributed by atoms with Crippen LogP contribution in [0.2, 0.25) is 0 Å². The fourth-order valence-electron chi connectivity index (χ4n) is 4.31. The molecule has 0 unspecified atom stereocenters. The molecule has 0 aliphatic heterocycles. The predicted octanol–water partition coefficient (Wildman–Crippen LogP) is 5.94. The van der Waals surface area contributed by atoms with Gasteiger partial charge in [0, 0.05) is 36.4 Å². The number of amides is 1. The van der Waals surface area contributed by atoms with Crippen molar-refractivity contribution in [2.45, 2.75) is 63.3 Å². The number of carbonyl (C=O) groups excluding carboxylic acids is 1. The number of alkyl halides is 4. The van der Waals surface area contributed by atoms with E-state index in [-0.39, 0.29) is 17.9 Å². The van der Waals surface area contributed by atoms with Crippen LogP contribution in [-0.4, -0.2) is 37.9 Å². The molecule has 0 saturated heterocycles. The van der Waals surface area contributed by atoms with Crippen molar-refractivity contribution in [1.82, 2.24) is 20.3 Å². The number of anilines is 2.